The topological polar surface area (TPSA) is 84.7 Å². The minimum Gasteiger partial charge on any atom is -0.468 e. The van der Waals surface area contributed by atoms with Crippen LogP contribution in [-0.2, 0) is 23.9 Å². The van der Waals surface area contributed by atoms with E-state index in [-0.39, 0.29) is 30.4 Å². The van der Waals surface area contributed by atoms with E-state index in [1.807, 2.05) is 13.8 Å². The number of amides is 1. The molecule has 1 aliphatic heterocycles. The second-order valence-corrected chi connectivity index (χ2v) is 4.78. The molecule has 0 aromatic rings. The van der Waals surface area contributed by atoms with Gasteiger partial charge in [-0.2, -0.15) is 0 Å². The molecule has 1 saturated heterocycles. The average molecular weight is 272 g/mol. The maximum Gasteiger partial charge on any atom is 0.328 e. The summed E-state index contributed by atoms with van der Waals surface area (Å²) >= 11 is 0. The molecule has 0 aliphatic carbocycles. The lowest BCUT2D eigenvalue weighted by Gasteiger charge is -2.19. The molecule has 0 radical (unpaired) electrons. The lowest BCUT2D eigenvalue weighted by Crippen LogP contribution is -2.47. The molecule has 19 heavy (non-hydrogen) atoms. The first kappa shape index (κ1) is 15.4. The van der Waals surface area contributed by atoms with Crippen molar-refractivity contribution in [3.05, 3.63) is 0 Å². The van der Waals surface area contributed by atoms with Crippen molar-refractivity contribution in [3.63, 3.8) is 0 Å². The van der Waals surface area contributed by atoms with E-state index in [4.69, 9.17) is 0 Å². The predicted molar refractivity (Wildman–Crippen MR) is 66.2 cm³/mol. The lowest BCUT2D eigenvalue weighted by molar-refractivity contribution is -0.146. The summed E-state index contributed by atoms with van der Waals surface area (Å²) in [4.78, 5) is 36.1. The molecule has 1 aliphatic rings. The van der Waals surface area contributed by atoms with Crippen LogP contribution in [0.25, 0.3) is 0 Å². The molecular weight excluding hydrogens is 252 g/mol. The third-order valence-corrected chi connectivity index (χ3v) is 2.97. The Kier molecular flexibility index (Phi) is 5.29. The third kappa shape index (κ3) is 4.20. The maximum atomic E-state index is 11.8. The summed E-state index contributed by atoms with van der Waals surface area (Å²) in [7, 11) is 2.59. The van der Waals surface area contributed by atoms with E-state index in [0.717, 1.165) is 0 Å². The molecule has 1 heterocycles. The molecule has 0 aromatic heterocycles. The highest BCUT2D eigenvalue weighted by molar-refractivity contribution is 5.87. The Balaban J connectivity index is 2.43. The first-order chi connectivity index (χ1) is 8.90. The molecule has 1 N–H and O–H groups in total. The highest BCUT2D eigenvalue weighted by Gasteiger charge is 2.42. The fourth-order valence-electron chi connectivity index (χ4n) is 1.74. The average Bonchev–Trinajstić information content (AvgIpc) is 3.12. The number of nitrogens with one attached hydrogen (secondary N) is 1. The minimum absolute atomic E-state index is 0.0676. The van der Waals surface area contributed by atoms with Crippen LogP contribution in [0.15, 0.2) is 0 Å². The van der Waals surface area contributed by atoms with Gasteiger partial charge in [0.25, 0.3) is 0 Å². The van der Waals surface area contributed by atoms with Crippen molar-refractivity contribution in [1.29, 1.82) is 0 Å². The van der Waals surface area contributed by atoms with E-state index >= 15 is 0 Å². The van der Waals surface area contributed by atoms with Crippen molar-refractivity contribution in [2.45, 2.75) is 25.9 Å². The number of hydrogen-bond donors (Lipinski definition) is 1. The Morgan fingerprint density at radius 1 is 1.26 bits per heavy atom. The van der Waals surface area contributed by atoms with E-state index in [1.54, 1.807) is 4.90 Å². The van der Waals surface area contributed by atoms with Crippen molar-refractivity contribution in [2.24, 2.45) is 5.92 Å². The fraction of sp³-hybridized carbons (Fsp3) is 0.750. The SMILES string of the molecule is COC(=O)C(NC(=O)CN1CC1C(=O)OC)C(C)C. The fourth-order valence-corrected chi connectivity index (χ4v) is 1.74. The Morgan fingerprint density at radius 2 is 1.89 bits per heavy atom. The van der Waals surface area contributed by atoms with Gasteiger partial charge in [-0.15, -0.1) is 0 Å². The second-order valence-electron chi connectivity index (χ2n) is 4.78. The molecule has 3 atom stereocenters. The number of hydrogen-bond acceptors (Lipinski definition) is 6. The summed E-state index contributed by atoms with van der Waals surface area (Å²) in [5.74, 6) is -1.20. The molecule has 1 fully saturated rings. The summed E-state index contributed by atoms with van der Waals surface area (Å²) in [6, 6.07) is -1.01. The summed E-state index contributed by atoms with van der Waals surface area (Å²) in [6.45, 7) is 4.21. The number of carbonyl (C=O) groups excluding carboxylic acids is 3. The standard InChI is InChI=1S/C12H20N2O5/c1-7(2)10(12(17)19-4)13-9(15)6-14-5-8(14)11(16)18-3/h7-8,10H,5-6H2,1-4H3,(H,13,15). The van der Waals surface area contributed by atoms with Crippen molar-refractivity contribution < 1.29 is 23.9 Å². The van der Waals surface area contributed by atoms with Crippen molar-refractivity contribution in [1.82, 2.24) is 10.2 Å². The van der Waals surface area contributed by atoms with Crippen LogP contribution in [0.2, 0.25) is 0 Å². The van der Waals surface area contributed by atoms with Crippen LogP contribution in [0.5, 0.6) is 0 Å². The maximum absolute atomic E-state index is 11.8. The van der Waals surface area contributed by atoms with E-state index in [9.17, 15) is 14.4 Å². The minimum atomic E-state index is -0.672. The summed E-state index contributed by atoms with van der Waals surface area (Å²) in [5, 5.41) is 2.61. The third-order valence-electron chi connectivity index (χ3n) is 2.97. The predicted octanol–water partition coefficient (Wildman–Crippen LogP) is -0.843. The van der Waals surface area contributed by atoms with Gasteiger partial charge in [0.1, 0.15) is 12.1 Å². The quantitative estimate of drug-likeness (QED) is 0.501. The number of carbonyl (C=O) groups is 3. The van der Waals surface area contributed by atoms with E-state index in [0.29, 0.717) is 6.54 Å². The monoisotopic (exact) mass is 272 g/mol. The smallest absolute Gasteiger partial charge is 0.328 e. The highest BCUT2D eigenvalue weighted by Crippen LogP contribution is 2.17. The first-order valence-corrected chi connectivity index (χ1v) is 6.09. The van der Waals surface area contributed by atoms with Crippen LogP contribution in [0, 0.1) is 5.92 Å². The Labute approximate surface area is 112 Å². The zero-order valence-corrected chi connectivity index (χ0v) is 11.6. The second kappa shape index (κ2) is 6.51. The Bertz CT molecular complexity index is 369. The molecule has 7 nitrogen and oxygen atoms in total. The van der Waals surface area contributed by atoms with Crippen molar-refractivity contribution >= 4 is 17.8 Å². The summed E-state index contributed by atoms with van der Waals surface area (Å²) < 4.78 is 9.20. The van der Waals surface area contributed by atoms with Gasteiger partial charge in [0.15, 0.2) is 0 Å². The number of nitrogens with zero attached hydrogens (tertiary/aromatic N) is 1. The largest absolute Gasteiger partial charge is 0.468 e. The number of ether oxygens (including phenoxy) is 2. The van der Waals surface area contributed by atoms with Gasteiger partial charge in [0.2, 0.25) is 5.91 Å². The molecule has 0 aromatic carbocycles. The van der Waals surface area contributed by atoms with Crippen LogP contribution in [0.1, 0.15) is 13.8 Å². The first-order valence-electron chi connectivity index (χ1n) is 6.09. The van der Waals surface area contributed by atoms with Gasteiger partial charge in [-0.1, -0.05) is 13.8 Å². The van der Waals surface area contributed by atoms with Crippen LogP contribution in [0.4, 0.5) is 0 Å². The molecule has 0 bridgehead atoms. The normalized spacial score (nSPS) is 22.6. The van der Waals surface area contributed by atoms with Crippen molar-refractivity contribution in [3.8, 4) is 0 Å². The van der Waals surface area contributed by atoms with Gasteiger partial charge in [0.05, 0.1) is 20.8 Å². The molecule has 0 saturated carbocycles. The van der Waals surface area contributed by atoms with Gasteiger partial charge in [-0.05, 0) is 5.92 Å². The van der Waals surface area contributed by atoms with Gasteiger partial charge in [0, 0.05) is 6.54 Å². The van der Waals surface area contributed by atoms with Gasteiger partial charge < -0.3 is 14.8 Å². The molecule has 108 valence electrons. The van der Waals surface area contributed by atoms with Gasteiger partial charge in [-0.3, -0.25) is 14.5 Å². The zero-order chi connectivity index (χ0) is 14.6. The molecule has 1 rings (SSSR count). The number of esters is 2. The Hall–Kier alpha value is -1.63. The molecule has 1 amide bonds. The molecule has 7 heteroatoms. The van der Waals surface area contributed by atoms with Crippen LogP contribution in [0.3, 0.4) is 0 Å². The number of rotatable bonds is 6. The van der Waals surface area contributed by atoms with E-state index in [2.05, 4.69) is 14.8 Å². The van der Waals surface area contributed by atoms with Gasteiger partial charge >= 0.3 is 11.9 Å². The molecule has 0 spiro atoms. The summed E-state index contributed by atoms with van der Waals surface area (Å²) in [6.07, 6.45) is 0. The zero-order valence-electron chi connectivity index (χ0n) is 11.6. The van der Waals surface area contributed by atoms with Crippen LogP contribution >= 0.6 is 0 Å². The lowest BCUT2D eigenvalue weighted by atomic mass is 10.0. The van der Waals surface area contributed by atoms with E-state index < -0.39 is 12.0 Å². The van der Waals surface area contributed by atoms with Gasteiger partial charge in [-0.25, -0.2) is 4.79 Å². The Morgan fingerprint density at radius 3 is 2.37 bits per heavy atom. The van der Waals surface area contributed by atoms with Crippen LogP contribution < -0.4 is 5.32 Å². The van der Waals surface area contributed by atoms with Crippen molar-refractivity contribution in [2.75, 3.05) is 27.3 Å². The highest BCUT2D eigenvalue weighted by atomic mass is 16.5. The molecule has 3 unspecified atom stereocenters. The molecular formula is C12H20N2O5. The number of methoxy groups -OCH3 is 2. The summed E-state index contributed by atoms with van der Waals surface area (Å²) in [5.41, 5.74) is 0. The van der Waals surface area contributed by atoms with Crippen LogP contribution in [-0.4, -0.2) is 62.1 Å². The van der Waals surface area contributed by atoms with E-state index in [1.165, 1.54) is 14.2 Å².